The van der Waals surface area contributed by atoms with E-state index in [0.29, 0.717) is 5.02 Å². The Kier molecular flexibility index (Phi) is 11.2. The Morgan fingerprint density at radius 2 is 1.86 bits per heavy atom. The summed E-state index contributed by atoms with van der Waals surface area (Å²) in [5.74, 6) is 0. The van der Waals surface area contributed by atoms with Crippen molar-refractivity contribution in [3.05, 3.63) is 39.8 Å². The molecule has 0 amide bonds. The minimum atomic E-state index is -3.59. The molecule has 0 fully saturated rings. The van der Waals surface area contributed by atoms with Crippen LogP contribution < -0.4 is 0 Å². The van der Waals surface area contributed by atoms with Gasteiger partial charge in [0.15, 0.2) is 0 Å². The van der Waals surface area contributed by atoms with Gasteiger partial charge in [0.2, 0.25) is 0 Å². The summed E-state index contributed by atoms with van der Waals surface area (Å²) in [5.41, 5.74) is 0.769. The molecule has 0 saturated carbocycles. The zero-order valence-corrected chi connectivity index (χ0v) is 14.8. The summed E-state index contributed by atoms with van der Waals surface area (Å²) >= 11 is 7.94. The van der Waals surface area contributed by atoms with Crippen molar-refractivity contribution in [2.24, 2.45) is 0 Å². The van der Waals surface area contributed by atoms with Crippen LogP contribution in [0.25, 0.3) is 6.08 Å². The molecule has 1 aromatic carbocycles. The van der Waals surface area contributed by atoms with Gasteiger partial charge in [-0.25, -0.2) is 0 Å². The van der Waals surface area contributed by atoms with Crippen LogP contribution in [-0.2, 0) is 14.3 Å². The molecule has 21 heavy (non-hydrogen) atoms. The van der Waals surface area contributed by atoms with Crippen LogP contribution >= 0.6 is 11.6 Å². The first-order valence-electron chi connectivity index (χ1n) is 7.20. The third-order valence-corrected chi connectivity index (χ3v) is 4.32. The summed E-state index contributed by atoms with van der Waals surface area (Å²) in [6.45, 7) is 5.48. The Labute approximate surface area is 143 Å². The van der Waals surface area contributed by atoms with E-state index in [1.54, 1.807) is 37.3 Å². The Hall–Kier alpha value is -0.243. The normalized spacial score (nSPS) is 11.8. The van der Waals surface area contributed by atoms with Gasteiger partial charge in [0.1, 0.15) is 0 Å². The summed E-state index contributed by atoms with van der Waals surface area (Å²) in [6.07, 6.45) is 4.28. The maximum absolute atomic E-state index is 11.5. The predicted octanol–water partition coefficient (Wildman–Crippen LogP) is 4.44. The van der Waals surface area contributed by atoms with E-state index in [-0.39, 0.29) is 11.5 Å². The number of allylic oxidation sites excluding steroid dienone is 1. The molecule has 114 valence electrons. The van der Waals surface area contributed by atoms with Crippen molar-refractivity contribution in [2.75, 3.05) is 6.61 Å². The monoisotopic (exact) mass is 324 g/mol. The predicted molar refractivity (Wildman–Crippen MR) is 91.1 cm³/mol. The number of hydrogen-bond donors (Lipinski definition) is 0. The van der Waals surface area contributed by atoms with Crippen molar-refractivity contribution < 1.29 is 12.6 Å². The summed E-state index contributed by atoms with van der Waals surface area (Å²) < 4.78 is 27.6. The van der Waals surface area contributed by atoms with Crippen LogP contribution in [0.2, 0.25) is 10.1 Å². The molecule has 0 aliphatic carbocycles. The molecule has 0 saturated heterocycles. The standard InChI is InChI=1S/C11H13ClO3S.C4H9.Li/c1-3-15-16(13,14)9(2)8-10-4-6-11(12)7-5-10;1-3-4-2;/h4-8H,3H2,1-2H3;1,3-4H2,2H3;/b9-8+;;. The van der Waals surface area contributed by atoms with Crippen molar-refractivity contribution in [1.29, 1.82) is 0 Å². The molecule has 0 N–H and O–H groups in total. The quantitative estimate of drug-likeness (QED) is 0.574. The first-order valence-corrected chi connectivity index (χ1v) is 8.99. The average molecular weight is 325 g/mol. The molecule has 6 heteroatoms. The second-order valence-electron chi connectivity index (χ2n) is 4.52. The van der Waals surface area contributed by atoms with E-state index < -0.39 is 10.1 Å². The third kappa shape index (κ3) is 9.39. The molecule has 0 bridgehead atoms. The van der Waals surface area contributed by atoms with Crippen LogP contribution in [0.5, 0.6) is 0 Å². The number of halogens is 1. The molecule has 1 rings (SSSR count). The number of unbranched alkanes of at least 4 members (excludes halogenated alkanes) is 1. The summed E-state index contributed by atoms with van der Waals surface area (Å²) in [4.78, 5) is 0.177. The molecule has 0 heterocycles. The molecule has 3 nitrogen and oxygen atoms in total. The van der Waals surface area contributed by atoms with Crippen molar-refractivity contribution in [3.8, 4) is 0 Å². The molecule has 0 unspecified atom stereocenters. The Bertz CT molecular complexity index is 522. The van der Waals surface area contributed by atoms with Crippen molar-refractivity contribution in [2.45, 2.75) is 38.7 Å². The van der Waals surface area contributed by atoms with E-state index in [0.717, 1.165) is 5.56 Å². The molecule has 1 aromatic rings. The molecule has 0 atom stereocenters. The Morgan fingerprint density at radius 1 is 1.29 bits per heavy atom. The molecular weight excluding hydrogens is 303 g/mol. The minimum absolute atomic E-state index is 0.133. The van der Waals surface area contributed by atoms with Crippen molar-refractivity contribution >= 4 is 45.5 Å². The zero-order chi connectivity index (χ0) is 16.3. The van der Waals surface area contributed by atoms with Gasteiger partial charge >= 0.3 is 42.6 Å². The number of hydrogen-bond acceptors (Lipinski definition) is 3. The second kappa shape index (κ2) is 11.3. The van der Waals surface area contributed by atoms with Crippen molar-refractivity contribution in [3.63, 3.8) is 0 Å². The molecular formula is C15H22ClLiO3S. The summed E-state index contributed by atoms with van der Waals surface area (Å²) in [5, 5.41) is 1.96. The first kappa shape index (κ1) is 20.8. The molecule has 0 aromatic heterocycles. The van der Waals surface area contributed by atoms with E-state index >= 15 is 0 Å². The second-order valence-corrected chi connectivity index (χ2v) is 6.75. The van der Waals surface area contributed by atoms with E-state index in [2.05, 4.69) is 28.8 Å². The van der Waals surface area contributed by atoms with Gasteiger partial charge in [-0.05, 0) is 37.6 Å². The molecule has 0 aliphatic rings. The fourth-order valence-corrected chi connectivity index (χ4v) is 2.37. The van der Waals surface area contributed by atoms with Gasteiger partial charge in [0.05, 0.1) is 11.5 Å². The van der Waals surface area contributed by atoms with E-state index in [9.17, 15) is 8.42 Å². The molecule has 0 aliphatic heterocycles. The van der Waals surface area contributed by atoms with Gasteiger partial charge in [-0.15, -0.1) is 0 Å². The Balaban J connectivity index is 0.000000690. The molecule has 0 spiro atoms. The molecule has 0 radical (unpaired) electrons. The van der Waals surface area contributed by atoms with Crippen LogP contribution in [0.15, 0.2) is 29.2 Å². The fraction of sp³-hybridized carbons (Fsp3) is 0.467. The third-order valence-electron chi connectivity index (χ3n) is 2.61. The van der Waals surface area contributed by atoms with Gasteiger partial charge < -0.3 is 0 Å². The number of benzene rings is 1. The van der Waals surface area contributed by atoms with Gasteiger partial charge in [0, 0.05) is 5.02 Å². The van der Waals surface area contributed by atoms with Crippen LogP contribution in [0.3, 0.4) is 0 Å². The Morgan fingerprint density at radius 3 is 2.24 bits per heavy atom. The van der Waals surface area contributed by atoms with Crippen LogP contribution in [0.4, 0.5) is 0 Å². The van der Waals surface area contributed by atoms with Crippen LogP contribution in [0, 0.1) is 0 Å². The SMILES string of the molecule is CCOS(=O)(=O)/C(C)=C/c1ccc(Cl)cc1.[Li][CH2]CCC. The van der Waals surface area contributed by atoms with Gasteiger partial charge in [-0.3, -0.25) is 4.18 Å². The van der Waals surface area contributed by atoms with E-state index in [1.165, 1.54) is 24.9 Å². The van der Waals surface area contributed by atoms with E-state index in [1.807, 2.05) is 0 Å². The average Bonchev–Trinajstić information content (AvgIpc) is 2.43. The van der Waals surface area contributed by atoms with Gasteiger partial charge in [-0.1, -0.05) is 23.7 Å². The topological polar surface area (TPSA) is 43.4 Å². The van der Waals surface area contributed by atoms with Crippen LogP contribution in [-0.4, -0.2) is 32.7 Å². The number of rotatable bonds is 6. The van der Waals surface area contributed by atoms with Gasteiger partial charge in [0.25, 0.3) is 10.1 Å². The fourth-order valence-electron chi connectivity index (χ4n) is 1.47. The summed E-state index contributed by atoms with van der Waals surface area (Å²) in [7, 11) is -3.59. The zero-order valence-electron chi connectivity index (χ0n) is 13.2. The van der Waals surface area contributed by atoms with Crippen molar-refractivity contribution in [1.82, 2.24) is 0 Å². The van der Waals surface area contributed by atoms with Gasteiger partial charge in [-0.2, -0.15) is 8.42 Å². The first-order chi connectivity index (χ1) is 9.87. The van der Waals surface area contributed by atoms with Crippen LogP contribution in [0.1, 0.15) is 39.2 Å². The van der Waals surface area contributed by atoms with E-state index in [4.69, 9.17) is 11.6 Å². The summed E-state index contributed by atoms with van der Waals surface area (Å²) in [6, 6.07) is 6.89. The maximum atomic E-state index is 11.5.